The molecule has 0 saturated carbocycles. The SMILES string of the molecule is CCc1cnc(N2CC[C@H](COc3ccc(B4OC(C)(C)C(C)(C)O4)cc3)C2)nc1. The zero-order chi connectivity index (χ0) is 21.4. The van der Waals surface area contributed by atoms with Crippen LogP contribution in [0, 0.1) is 5.92 Å². The van der Waals surface area contributed by atoms with Gasteiger partial charge in [0.1, 0.15) is 5.75 Å². The van der Waals surface area contributed by atoms with Crippen LogP contribution in [0.3, 0.4) is 0 Å². The van der Waals surface area contributed by atoms with E-state index in [0.29, 0.717) is 12.5 Å². The third-order valence-corrected chi connectivity index (χ3v) is 6.56. The summed E-state index contributed by atoms with van der Waals surface area (Å²) in [5.41, 5.74) is 1.52. The third-order valence-electron chi connectivity index (χ3n) is 6.56. The molecule has 2 fully saturated rings. The lowest BCUT2D eigenvalue weighted by molar-refractivity contribution is 0.00578. The van der Waals surface area contributed by atoms with E-state index in [1.807, 2.05) is 36.7 Å². The Balaban J connectivity index is 1.29. The number of anilines is 1. The highest BCUT2D eigenvalue weighted by Crippen LogP contribution is 2.36. The number of aryl methyl sites for hydroxylation is 1. The molecule has 2 saturated heterocycles. The Kier molecular flexibility index (Phi) is 5.77. The smallest absolute Gasteiger partial charge is 0.493 e. The van der Waals surface area contributed by atoms with Gasteiger partial charge in [-0.25, -0.2) is 9.97 Å². The molecule has 2 aromatic rings. The predicted molar refractivity (Wildman–Crippen MR) is 119 cm³/mol. The first kappa shape index (κ1) is 21.1. The first-order chi connectivity index (χ1) is 14.3. The Bertz CT molecular complexity index is 839. The van der Waals surface area contributed by atoms with Crippen molar-refractivity contribution in [3.8, 4) is 5.75 Å². The highest BCUT2D eigenvalue weighted by molar-refractivity contribution is 6.62. The van der Waals surface area contributed by atoms with Crippen LogP contribution >= 0.6 is 0 Å². The van der Waals surface area contributed by atoms with Crippen LogP contribution in [0.25, 0.3) is 0 Å². The van der Waals surface area contributed by atoms with Crippen LogP contribution in [0.15, 0.2) is 36.7 Å². The fourth-order valence-corrected chi connectivity index (χ4v) is 3.76. The van der Waals surface area contributed by atoms with E-state index in [9.17, 15) is 0 Å². The second-order valence-corrected chi connectivity index (χ2v) is 9.31. The topological polar surface area (TPSA) is 56.7 Å². The van der Waals surface area contributed by atoms with Gasteiger partial charge in [0.15, 0.2) is 0 Å². The molecule has 0 aliphatic carbocycles. The Hall–Kier alpha value is -2.12. The van der Waals surface area contributed by atoms with Crippen LogP contribution < -0.4 is 15.1 Å². The Labute approximate surface area is 180 Å². The second kappa shape index (κ2) is 8.19. The van der Waals surface area contributed by atoms with Gasteiger partial charge in [-0.15, -0.1) is 0 Å². The molecule has 0 bridgehead atoms. The molecular weight excluding hydrogens is 377 g/mol. The van der Waals surface area contributed by atoms with Crippen molar-refractivity contribution in [3.63, 3.8) is 0 Å². The average Bonchev–Trinajstić information content (AvgIpc) is 3.28. The van der Waals surface area contributed by atoms with E-state index in [1.165, 1.54) is 5.56 Å². The standard InChI is InChI=1S/C23H32BN3O3/c1-6-17-13-25-21(26-14-17)27-12-11-18(15-27)16-28-20-9-7-19(8-10-20)24-29-22(2,3)23(4,5)30-24/h7-10,13-14,18H,6,11-12,15-16H2,1-5H3/t18-/m0/s1. The van der Waals surface area contributed by atoms with E-state index < -0.39 is 0 Å². The van der Waals surface area contributed by atoms with Crippen molar-refractivity contribution in [1.82, 2.24) is 9.97 Å². The van der Waals surface area contributed by atoms with Gasteiger partial charge in [0.05, 0.1) is 17.8 Å². The summed E-state index contributed by atoms with van der Waals surface area (Å²) < 4.78 is 18.3. The van der Waals surface area contributed by atoms with Crippen LogP contribution in [-0.2, 0) is 15.7 Å². The maximum atomic E-state index is 6.12. The van der Waals surface area contributed by atoms with Gasteiger partial charge in [-0.3, -0.25) is 0 Å². The van der Waals surface area contributed by atoms with Gasteiger partial charge in [-0.1, -0.05) is 19.1 Å². The van der Waals surface area contributed by atoms with Crippen molar-refractivity contribution in [3.05, 3.63) is 42.2 Å². The molecule has 2 aliphatic rings. The molecule has 160 valence electrons. The Morgan fingerprint density at radius 1 is 1.07 bits per heavy atom. The molecule has 0 N–H and O–H groups in total. The fourth-order valence-electron chi connectivity index (χ4n) is 3.76. The molecule has 0 unspecified atom stereocenters. The molecule has 6 nitrogen and oxygen atoms in total. The van der Waals surface area contributed by atoms with Crippen LogP contribution in [0.2, 0.25) is 0 Å². The summed E-state index contributed by atoms with van der Waals surface area (Å²) in [4.78, 5) is 11.2. The Morgan fingerprint density at radius 2 is 1.70 bits per heavy atom. The van der Waals surface area contributed by atoms with Crippen molar-refractivity contribution in [1.29, 1.82) is 0 Å². The summed E-state index contributed by atoms with van der Waals surface area (Å²) >= 11 is 0. The van der Waals surface area contributed by atoms with Crippen molar-refractivity contribution >= 4 is 18.5 Å². The van der Waals surface area contributed by atoms with Gasteiger partial charge < -0.3 is 18.9 Å². The van der Waals surface area contributed by atoms with Crippen LogP contribution in [0.1, 0.15) is 46.6 Å². The summed E-state index contributed by atoms with van der Waals surface area (Å²) in [5, 5.41) is 0. The van der Waals surface area contributed by atoms with Gasteiger partial charge >= 0.3 is 7.12 Å². The van der Waals surface area contributed by atoms with Gasteiger partial charge in [0, 0.05) is 31.4 Å². The van der Waals surface area contributed by atoms with Gasteiger partial charge in [-0.05, 0) is 63.7 Å². The van der Waals surface area contributed by atoms with Gasteiger partial charge in [0.25, 0.3) is 0 Å². The van der Waals surface area contributed by atoms with Crippen molar-refractivity contribution in [2.75, 3.05) is 24.6 Å². The summed E-state index contributed by atoms with van der Waals surface area (Å²) in [5.74, 6) is 2.17. The van der Waals surface area contributed by atoms with Gasteiger partial charge in [-0.2, -0.15) is 0 Å². The fraction of sp³-hybridized carbons (Fsp3) is 0.565. The van der Waals surface area contributed by atoms with Crippen LogP contribution in [0.4, 0.5) is 5.95 Å². The number of ether oxygens (including phenoxy) is 1. The second-order valence-electron chi connectivity index (χ2n) is 9.31. The summed E-state index contributed by atoms with van der Waals surface area (Å²) in [6, 6.07) is 8.06. The molecule has 0 spiro atoms. The maximum Gasteiger partial charge on any atom is 0.494 e. The molecule has 1 atom stereocenters. The lowest BCUT2D eigenvalue weighted by Crippen LogP contribution is -2.41. The molecule has 2 aliphatic heterocycles. The summed E-state index contributed by atoms with van der Waals surface area (Å²) in [7, 11) is -0.341. The number of benzene rings is 1. The monoisotopic (exact) mass is 409 g/mol. The van der Waals surface area contributed by atoms with E-state index in [0.717, 1.165) is 43.1 Å². The largest absolute Gasteiger partial charge is 0.494 e. The quantitative estimate of drug-likeness (QED) is 0.683. The molecule has 1 aromatic heterocycles. The molecular formula is C23H32BN3O3. The van der Waals surface area contributed by atoms with E-state index in [4.69, 9.17) is 14.0 Å². The van der Waals surface area contributed by atoms with Crippen molar-refractivity contribution in [2.24, 2.45) is 5.92 Å². The third kappa shape index (κ3) is 4.32. The zero-order valence-electron chi connectivity index (χ0n) is 18.7. The van der Waals surface area contributed by atoms with E-state index in [-0.39, 0.29) is 18.3 Å². The van der Waals surface area contributed by atoms with E-state index in [2.05, 4.69) is 49.5 Å². The molecule has 0 radical (unpaired) electrons. The predicted octanol–water partition coefficient (Wildman–Crippen LogP) is 3.24. The summed E-state index contributed by atoms with van der Waals surface area (Å²) in [6.07, 6.45) is 5.90. The number of nitrogens with zero attached hydrogens (tertiary/aromatic N) is 3. The minimum absolute atomic E-state index is 0.332. The average molecular weight is 409 g/mol. The van der Waals surface area contributed by atoms with Crippen molar-refractivity contribution < 1.29 is 14.0 Å². The Morgan fingerprint density at radius 3 is 2.30 bits per heavy atom. The number of rotatable bonds is 6. The lowest BCUT2D eigenvalue weighted by Gasteiger charge is -2.32. The molecule has 1 aromatic carbocycles. The minimum Gasteiger partial charge on any atom is -0.493 e. The van der Waals surface area contributed by atoms with E-state index in [1.54, 1.807) is 0 Å². The van der Waals surface area contributed by atoms with Gasteiger partial charge in [0.2, 0.25) is 5.95 Å². The molecule has 4 rings (SSSR count). The lowest BCUT2D eigenvalue weighted by atomic mass is 9.79. The number of hydrogen-bond donors (Lipinski definition) is 0. The zero-order valence-corrected chi connectivity index (χ0v) is 18.7. The maximum absolute atomic E-state index is 6.12. The highest BCUT2D eigenvalue weighted by Gasteiger charge is 2.51. The number of hydrogen-bond acceptors (Lipinski definition) is 6. The molecule has 0 amide bonds. The van der Waals surface area contributed by atoms with Crippen LogP contribution in [0.5, 0.6) is 5.75 Å². The van der Waals surface area contributed by atoms with E-state index >= 15 is 0 Å². The van der Waals surface area contributed by atoms with Crippen LogP contribution in [-0.4, -0.2) is 48.0 Å². The normalized spacial score (nSPS) is 22.5. The van der Waals surface area contributed by atoms with Crippen molar-refractivity contribution in [2.45, 2.75) is 58.7 Å². The summed E-state index contributed by atoms with van der Waals surface area (Å²) in [6.45, 7) is 13.0. The number of aromatic nitrogens is 2. The molecule has 3 heterocycles. The first-order valence-electron chi connectivity index (χ1n) is 10.9. The molecule has 30 heavy (non-hydrogen) atoms. The molecule has 7 heteroatoms. The first-order valence-corrected chi connectivity index (χ1v) is 10.9. The minimum atomic E-state index is -0.341. The highest BCUT2D eigenvalue weighted by atomic mass is 16.7.